The van der Waals surface area contributed by atoms with Crippen molar-refractivity contribution in [2.24, 2.45) is 0 Å². The highest BCUT2D eigenvalue weighted by Crippen LogP contribution is 2.10. The molecule has 0 bridgehead atoms. The molecule has 1 saturated heterocycles. The number of piperazine rings is 1. The summed E-state index contributed by atoms with van der Waals surface area (Å²) < 4.78 is 24.4. The first-order chi connectivity index (χ1) is 9.54. The molecule has 0 unspecified atom stereocenters. The summed E-state index contributed by atoms with van der Waals surface area (Å²) in [7, 11) is -2.99. The average Bonchev–Trinajstić information content (AvgIpc) is 2.41. The summed E-state index contributed by atoms with van der Waals surface area (Å²) in [6, 6.07) is 0. The van der Waals surface area contributed by atoms with Crippen LogP contribution in [0.15, 0.2) is 0 Å². The van der Waals surface area contributed by atoms with Crippen molar-refractivity contribution in [1.82, 2.24) is 9.21 Å². The predicted octanol–water partition coefficient (Wildman–Crippen LogP) is 2.22. The molecule has 1 heterocycles. The van der Waals surface area contributed by atoms with Crippen LogP contribution in [0.25, 0.3) is 0 Å². The van der Waals surface area contributed by atoms with E-state index in [0.29, 0.717) is 13.1 Å². The Hall–Kier alpha value is 0.220. The summed E-state index contributed by atoms with van der Waals surface area (Å²) in [5.41, 5.74) is 0. The highest BCUT2D eigenvalue weighted by molar-refractivity contribution is 7.88. The molecule has 1 aliphatic heterocycles. The van der Waals surface area contributed by atoms with E-state index < -0.39 is 10.0 Å². The van der Waals surface area contributed by atoms with E-state index in [4.69, 9.17) is 0 Å². The molecule has 20 heavy (non-hydrogen) atoms. The molecule has 0 N–H and O–H groups in total. The van der Waals surface area contributed by atoms with Crippen LogP contribution < -0.4 is 0 Å². The van der Waals surface area contributed by atoms with Gasteiger partial charge in [0.2, 0.25) is 10.0 Å². The maximum atomic E-state index is 11.4. The maximum absolute atomic E-state index is 11.4. The summed E-state index contributed by atoms with van der Waals surface area (Å²) in [5, 5.41) is 0. The first-order valence-electron chi connectivity index (χ1n) is 7.82. The Bertz CT molecular complexity index is 339. The fourth-order valence-corrected chi connectivity index (χ4v) is 3.67. The van der Waals surface area contributed by atoms with Gasteiger partial charge in [-0.3, -0.25) is 0 Å². The van der Waals surface area contributed by atoms with Gasteiger partial charge in [0.25, 0.3) is 0 Å². The van der Waals surface area contributed by atoms with Crippen molar-refractivity contribution >= 4 is 22.7 Å². The Balaban J connectivity index is 1.97. The van der Waals surface area contributed by atoms with E-state index >= 15 is 0 Å². The summed E-state index contributed by atoms with van der Waals surface area (Å²) in [6.07, 6.45) is 10.4. The topological polar surface area (TPSA) is 40.6 Å². The molecule has 1 rings (SSSR count). The van der Waals surface area contributed by atoms with Crippen LogP contribution in [0.4, 0.5) is 0 Å². The number of unbranched alkanes of at least 4 members (excludes halogenated alkanes) is 6. The third-order valence-electron chi connectivity index (χ3n) is 3.93. The Morgan fingerprint density at radius 3 is 1.85 bits per heavy atom. The van der Waals surface area contributed by atoms with E-state index in [-0.39, 0.29) is 0 Å². The molecule has 0 aromatic carbocycles. The minimum absolute atomic E-state index is 0.655. The van der Waals surface area contributed by atoms with Crippen molar-refractivity contribution in [3.05, 3.63) is 0 Å². The largest absolute Gasteiger partial charge is 0.301 e. The summed E-state index contributed by atoms with van der Waals surface area (Å²) in [5.74, 6) is 1.01. The van der Waals surface area contributed by atoms with Gasteiger partial charge < -0.3 is 4.90 Å². The molecule has 0 spiro atoms. The fourth-order valence-electron chi connectivity index (χ4n) is 2.62. The summed E-state index contributed by atoms with van der Waals surface area (Å²) >= 11 is 4.22. The van der Waals surface area contributed by atoms with E-state index in [2.05, 4.69) is 17.5 Å². The maximum Gasteiger partial charge on any atom is 0.211 e. The zero-order valence-corrected chi connectivity index (χ0v) is 14.5. The standard InChI is InChI=1S/C14H30N2O2S2/c1-20(17,18)16-12-10-15(11-13-16)9-7-5-3-2-4-6-8-14-19/h19H,2-14H2,1H3. The van der Waals surface area contributed by atoms with E-state index in [0.717, 1.165) is 25.4 Å². The Labute approximate surface area is 130 Å². The third-order valence-corrected chi connectivity index (χ3v) is 5.55. The van der Waals surface area contributed by atoms with Crippen LogP contribution in [0.3, 0.4) is 0 Å². The molecular formula is C14H30N2O2S2. The van der Waals surface area contributed by atoms with Crippen LogP contribution >= 0.6 is 12.6 Å². The van der Waals surface area contributed by atoms with Crippen molar-refractivity contribution in [2.75, 3.05) is 44.7 Å². The molecule has 4 nitrogen and oxygen atoms in total. The van der Waals surface area contributed by atoms with Crippen molar-refractivity contribution in [3.8, 4) is 0 Å². The van der Waals surface area contributed by atoms with Gasteiger partial charge in [0.05, 0.1) is 6.26 Å². The monoisotopic (exact) mass is 322 g/mol. The second-order valence-electron chi connectivity index (χ2n) is 5.70. The van der Waals surface area contributed by atoms with Gasteiger partial charge in [-0.15, -0.1) is 0 Å². The number of hydrogen-bond donors (Lipinski definition) is 1. The van der Waals surface area contributed by atoms with Gasteiger partial charge in [0.1, 0.15) is 0 Å². The second-order valence-corrected chi connectivity index (χ2v) is 8.13. The van der Waals surface area contributed by atoms with Gasteiger partial charge >= 0.3 is 0 Å². The lowest BCUT2D eigenvalue weighted by Gasteiger charge is -2.33. The Morgan fingerprint density at radius 2 is 1.35 bits per heavy atom. The molecule has 0 amide bonds. The van der Waals surface area contributed by atoms with E-state index in [1.54, 1.807) is 4.31 Å². The minimum Gasteiger partial charge on any atom is -0.301 e. The molecule has 1 fully saturated rings. The number of thiol groups is 1. The van der Waals surface area contributed by atoms with Crippen LogP contribution in [0.1, 0.15) is 44.9 Å². The number of rotatable bonds is 10. The molecule has 0 aromatic heterocycles. The smallest absolute Gasteiger partial charge is 0.211 e. The molecule has 0 aromatic rings. The summed E-state index contributed by atoms with van der Waals surface area (Å²) in [4.78, 5) is 2.39. The zero-order valence-electron chi connectivity index (χ0n) is 12.8. The molecule has 0 radical (unpaired) electrons. The molecule has 120 valence electrons. The van der Waals surface area contributed by atoms with Crippen molar-refractivity contribution in [2.45, 2.75) is 44.9 Å². The van der Waals surface area contributed by atoms with Gasteiger partial charge in [0.15, 0.2) is 0 Å². The predicted molar refractivity (Wildman–Crippen MR) is 89.0 cm³/mol. The van der Waals surface area contributed by atoms with Gasteiger partial charge in [-0.2, -0.15) is 16.9 Å². The van der Waals surface area contributed by atoms with Crippen LogP contribution in [-0.2, 0) is 10.0 Å². The van der Waals surface area contributed by atoms with E-state index in [9.17, 15) is 8.42 Å². The van der Waals surface area contributed by atoms with Crippen LogP contribution in [0.2, 0.25) is 0 Å². The number of nitrogens with zero attached hydrogens (tertiary/aromatic N) is 2. The minimum atomic E-state index is -2.99. The lowest BCUT2D eigenvalue weighted by molar-refractivity contribution is 0.186. The molecule has 6 heteroatoms. The van der Waals surface area contributed by atoms with Crippen molar-refractivity contribution < 1.29 is 8.42 Å². The Kier molecular flexibility index (Phi) is 9.16. The fraction of sp³-hybridized carbons (Fsp3) is 1.00. The van der Waals surface area contributed by atoms with Crippen LogP contribution in [0.5, 0.6) is 0 Å². The normalized spacial score (nSPS) is 18.5. The van der Waals surface area contributed by atoms with Gasteiger partial charge in [-0.25, -0.2) is 8.42 Å². The van der Waals surface area contributed by atoms with Crippen molar-refractivity contribution in [3.63, 3.8) is 0 Å². The summed E-state index contributed by atoms with van der Waals surface area (Å²) in [6.45, 7) is 4.20. The lowest BCUT2D eigenvalue weighted by Crippen LogP contribution is -2.48. The number of sulfonamides is 1. The van der Waals surface area contributed by atoms with Crippen molar-refractivity contribution in [1.29, 1.82) is 0 Å². The SMILES string of the molecule is CS(=O)(=O)N1CCN(CCCCCCCCCS)CC1. The van der Waals surface area contributed by atoms with Gasteiger partial charge in [-0.05, 0) is 25.1 Å². The molecular weight excluding hydrogens is 292 g/mol. The first kappa shape index (κ1) is 18.3. The zero-order chi connectivity index (χ0) is 14.8. The second kappa shape index (κ2) is 10.0. The van der Waals surface area contributed by atoms with E-state index in [1.165, 1.54) is 51.2 Å². The van der Waals surface area contributed by atoms with E-state index in [1.807, 2.05) is 0 Å². The average molecular weight is 323 g/mol. The first-order valence-corrected chi connectivity index (χ1v) is 10.3. The highest BCUT2D eigenvalue weighted by atomic mass is 32.2. The molecule has 0 aliphatic carbocycles. The number of hydrogen-bond acceptors (Lipinski definition) is 4. The Morgan fingerprint density at radius 1 is 0.850 bits per heavy atom. The highest BCUT2D eigenvalue weighted by Gasteiger charge is 2.22. The van der Waals surface area contributed by atoms with Crippen LogP contribution in [0, 0.1) is 0 Å². The quantitative estimate of drug-likeness (QED) is 0.495. The molecule has 1 aliphatic rings. The molecule has 0 saturated carbocycles. The molecule has 0 atom stereocenters. The lowest BCUT2D eigenvalue weighted by atomic mass is 10.1. The van der Waals surface area contributed by atoms with Gasteiger partial charge in [-0.1, -0.05) is 32.1 Å². The van der Waals surface area contributed by atoms with Gasteiger partial charge in [0, 0.05) is 26.2 Å². The van der Waals surface area contributed by atoms with Crippen LogP contribution in [-0.4, -0.2) is 62.4 Å². The third kappa shape index (κ3) is 7.86.